The minimum absolute atomic E-state index is 0.211. The Bertz CT molecular complexity index is 506. The van der Waals surface area contributed by atoms with Gasteiger partial charge in [-0.05, 0) is 19.1 Å². The van der Waals surface area contributed by atoms with E-state index in [1.165, 1.54) is 4.90 Å². The average molecular weight is 295 g/mol. The van der Waals surface area contributed by atoms with Crippen LogP contribution < -0.4 is 5.32 Å². The highest BCUT2D eigenvalue weighted by Gasteiger charge is 2.25. The molecule has 0 saturated heterocycles. The molecule has 21 heavy (non-hydrogen) atoms. The molecule has 0 fully saturated rings. The van der Waals surface area contributed by atoms with Gasteiger partial charge in [0, 0.05) is 12.7 Å². The average Bonchev–Trinajstić information content (AvgIpc) is 2.44. The molecule has 8 nitrogen and oxygen atoms in total. The van der Waals surface area contributed by atoms with Crippen molar-refractivity contribution < 1.29 is 24.6 Å². The van der Waals surface area contributed by atoms with Crippen molar-refractivity contribution in [1.82, 2.24) is 15.2 Å². The lowest BCUT2D eigenvalue weighted by atomic mass is 10.2. The predicted molar refractivity (Wildman–Crippen MR) is 72.5 cm³/mol. The monoisotopic (exact) mass is 295 g/mol. The van der Waals surface area contributed by atoms with Crippen LogP contribution in [0.1, 0.15) is 19.0 Å². The zero-order valence-electron chi connectivity index (χ0n) is 11.5. The maximum atomic E-state index is 12.0. The number of aromatic nitrogens is 1. The number of nitrogens with zero attached hydrogens (tertiary/aromatic N) is 2. The van der Waals surface area contributed by atoms with E-state index in [2.05, 4.69) is 10.3 Å². The van der Waals surface area contributed by atoms with Gasteiger partial charge in [-0.1, -0.05) is 6.07 Å². The van der Waals surface area contributed by atoms with Crippen LogP contribution in [0.5, 0.6) is 0 Å². The summed E-state index contributed by atoms with van der Waals surface area (Å²) in [6.45, 7) is 2.28. The normalized spacial score (nSPS) is 11.5. The third kappa shape index (κ3) is 5.47. The van der Waals surface area contributed by atoms with Crippen LogP contribution in [-0.2, 0) is 16.1 Å². The first kappa shape index (κ1) is 16.4. The molecule has 0 saturated carbocycles. The predicted octanol–water partition coefficient (Wildman–Crippen LogP) is 0.541. The molecule has 0 aliphatic heterocycles. The van der Waals surface area contributed by atoms with E-state index in [-0.39, 0.29) is 6.54 Å². The second-order valence-corrected chi connectivity index (χ2v) is 4.27. The van der Waals surface area contributed by atoms with E-state index in [0.717, 1.165) is 0 Å². The minimum Gasteiger partial charge on any atom is -0.481 e. The fourth-order valence-corrected chi connectivity index (χ4v) is 1.63. The van der Waals surface area contributed by atoms with E-state index in [0.29, 0.717) is 12.2 Å². The highest BCUT2D eigenvalue weighted by molar-refractivity contribution is 5.86. The molecule has 2 amide bonds. The summed E-state index contributed by atoms with van der Waals surface area (Å²) in [5.41, 5.74) is 0.652. The van der Waals surface area contributed by atoms with Crippen molar-refractivity contribution in [3.8, 4) is 0 Å². The highest BCUT2D eigenvalue weighted by atomic mass is 16.4. The Morgan fingerprint density at radius 1 is 1.33 bits per heavy atom. The minimum atomic E-state index is -1.47. The molecule has 3 N–H and O–H groups in total. The molecule has 0 radical (unpaired) electrons. The zero-order valence-corrected chi connectivity index (χ0v) is 11.5. The van der Waals surface area contributed by atoms with Crippen LogP contribution in [0.4, 0.5) is 4.79 Å². The van der Waals surface area contributed by atoms with Crippen molar-refractivity contribution in [2.24, 2.45) is 0 Å². The number of carbonyl (C=O) groups is 3. The Morgan fingerprint density at radius 2 is 2.05 bits per heavy atom. The summed E-state index contributed by atoms with van der Waals surface area (Å²) in [4.78, 5) is 39.0. The van der Waals surface area contributed by atoms with Crippen molar-refractivity contribution in [3.05, 3.63) is 30.1 Å². The SMILES string of the molecule is CCN(Cc1ccccn1)C(=O)N[C@@H](CC(=O)O)C(=O)O. The Morgan fingerprint density at radius 3 is 2.52 bits per heavy atom. The van der Waals surface area contributed by atoms with Gasteiger partial charge in [0.05, 0.1) is 18.7 Å². The van der Waals surface area contributed by atoms with E-state index < -0.39 is 30.4 Å². The molecule has 1 atom stereocenters. The number of hydrogen-bond acceptors (Lipinski definition) is 4. The van der Waals surface area contributed by atoms with Crippen molar-refractivity contribution >= 4 is 18.0 Å². The molecule has 0 aliphatic rings. The van der Waals surface area contributed by atoms with Gasteiger partial charge in [0.25, 0.3) is 0 Å². The molecular weight excluding hydrogens is 278 g/mol. The number of amides is 2. The standard InChI is InChI=1S/C13H17N3O5/c1-2-16(8-9-5-3-4-6-14-9)13(21)15-10(12(19)20)7-11(17)18/h3-6,10H,2,7-8H2,1H3,(H,15,21)(H,17,18)(H,19,20)/t10-/m0/s1. The lowest BCUT2D eigenvalue weighted by molar-refractivity contribution is -0.145. The molecule has 1 heterocycles. The first-order valence-electron chi connectivity index (χ1n) is 6.34. The largest absolute Gasteiger partial charge is 0.481 e. The fraction of sp³-hybridized carbons (Fsp3) is 0.385. The summed E-state index contributed by atoms with van der Waals surface area (Å²) in [5.74, 6) is -2.69. The van der Waals surface area contributed by atoms with Crippen molar-refractivity contribution in [2.45, 2.75) is 25.9 Å². The second-order valence-electron chi connectivity index (χ2n) is 4.27. The molecule has 114 valence electrons. The van der Waals surface area contributed by atoms with Gasteiger partial charge in [-0.3, -0.25) is 9.78 Å². The van der Waals surface area contributed by atoms with E-state index in [1.807, 2.05) is 0 Å². The van der Waals surface area contributed by atoms with Gasteiger partial charge < -0.3 is 20.4 Å². The van der Waals surface area contributed by atoms with Crippen LogP contribution >= 0.6 is 0 Å². The Balaban J connectivity index is 2.69. The maximum Gasteiger partial charge on any atom is 0.326 e. The molecule has 1 aromatic heterocycles. The number of carboxylic acids is 2. The van der Waals surface area contributed by atoms with Crippen LogP contribution in [0.15, 0.2) is 24.4 Å². The number of aliphatic carboxylic acids is 2. The third-order valence-electron chi connectivity index (χ3n) is 2.72. The number of urea groups is 1. The molecule has 1 aromatic rings. The summed E-state index contributed by atoms with van der Waals surface area (Å²) >= 11 is 0. The molecule has 8 heteroatoms. The summed E-state index contributed by atoms with van der Waals surface area (Å²) in [6, 6.07) is 3.15. The lowest BCUT2D eigenvalue weighted by Crippen LogP contribution is -2.48. The Hall–Kier alpha value is -2.64. The number of carbonyl (C=O) groups excluding carboxylic acids is 1. The number of rotatable bonds is 7. The summed E-state index contributed by atoms with van der Waals surface area (Å²) < 4.78 is 0. The van der Waals surface area contributed by atoms with E-state index >= 15 is 0 Å². The molecule has 0 bridgehead atoms. The number of nitrogens with one attached hydrogen (secondary N) is 1. The van der Waals surface area contributed by atoms with Gasteiger partial charge >= 0.3 is 18.0 Å². The number of carboxylic acid groups (broad SMARTS) is 2. The zero-order chi connectivity index (χ0) is 15.8. The van der Waals surface area contributed by atoms with Gasteiger partial charge in [0.1, 0.15) is 6.04 Å². The highest BCUT2D eigenvalue weighted by Crippen LogP contribution is 2.03. The number of pyridine rings is 1. The van der Waals surface area contributed by atoms with E-state index in [4.69, 9.17) is 10.2 Å². The van der Waals surface area contributed by atoms with Crippen molar-refractivity contribution in [3.63, 3.8) is 0 Å². The molecule has 1 rings (SSSR count). The molecule has 0 unspecified atom stereocenters. The third-order valence-corrected chi connectivity index (χ3v) is 2.72. The van der Waals surface area contributed by atoms with E-state index in [1.54, 1.807) is 31.3 Å². The summed E-state index contributed by atoms with van der Waals surface area (Å²) in [5, 5.41) is 19.7. The lowest BCUT2D eigenvalue weighted by Gasteiger charge is -2.23. The van der Waals surface area contributed by atoms with Crippen molar-refractivity contribution in [2.75, 3.05) is 6.54 Å². The van der Waals surface area contributed by atoms with Crippen LogP contribution in [0, 0.1) is 0 Å². The van der Waals surface area contributed by atoms with Gasteiger partial charge in [-0.25, -0.2) is 9.59 Å². The summed E-state index contributed by atoms with van der Waals surface area (Å²) in [7, 11) is 0. The quantitative estimate of drug-likeness (QED) is 0.675. The molecule has 0 aromatic carbocycles. The second kappa shape index (κ2) is 7.83. The maximum absolute atomic E-state index is 12.0. The Kier molecular flexibility index (Phi) is 6.12. The fourth-order valence-electron chi connectivity index (χ4n) is 1.63. The number of hydrogen-bond donors (Lipinski definition) is 3. The molecule has 0 aliphatic carbocycles. The Labute approximate surface area is 121 Å². The molecular formula is C13H17N3O5. The van der Waals surface area contributed by atoms with Gasteiger partial charge in [0.2, 0.25) is 0 Å². The van der Waals surface area contributed by atoms with Gasteiger partial charge in [-0.15, -0.1) is 0 Å². The van der Waals surface area contributed by atoms with Gasteiger partial charge in [-0.2, -0.15) is 0 Å². The van der Waals surface area contributed by atoms with Crippen LogP contribution in [-0.4, -0.2) is 50.7 Å². The smallest absolute Gasteiger partial charge is 0.326 e. The van der Waals surface area contributed by atoms with Crippen molar-refractivity contribution in [1.29, 1.82) is 0 Å². The summed E-state index contributed by atoms with van der Waals surface area (Å²) in [6.07, 6.45) is 0.910. The molecule has 0 spiro atoms. The first-order valence-corrected chi connectivity index (χ1v) is 6.34. The van der Waals surface area contributed by atoms with Crippen LogP contribution in [0.3, 0.4) is 0 Å². The van der Waals surface area contributed by atoms with E-state index in [9.17, 15) is 14.4 Å². The van der Waals surface area contributed by atoms with Crippen LogP contribution in [0.2, 0.25) is 0 Å². The first-order chi connectivity index (χ1) is 9.93. The topological polar surface area (TPSA) is 120 Å². The van der Waals surface area contributed by atoms with Crippen LogP contribution in [0.25, 0.3) is 0 Å². The van der Waals surface area contributed by atoms with Gasteiger partial charge in [0.15, 0.2) is 0 Å².